The molecule has 4 atom stereocenters. The van der Waals surface area contributed by atoms with Crippen LogP contribution in [0.15, 0.2) is 91.0 Å². The lowest BCUT2D eigenvalue weighted by Crippen LogP contribution is -2.46. The molecule has 2 aliphatic heterocycles. The van der Waals surface area contributed by atoms with Crippen molar-refractivity contribution in [3.05, 3.63) is 102 Å². The number of allylic oxidation sites excluding steroid dienone is 2. The van der Waals surface area contributed by atoms with Crippen molar-refractivity contribution in [3.63, 3.8) is 0 Å². The third-order valence-corrected chi connectivity index (χ3v) is 15.6. The van der Waals surface area contributed by atoms with Crippen LogP contribution < -0.4 is 16.0 Å². The molecule has 4 amide bonds. The molecule has 0 aromatic heterocycles. The van der Waals surface area contributed by atoms with Crippen LogP contribution in [0.3, 0.4) is 0 Å². The van der Waals surface area contributed by atoms with Gasteiger partial charge >= 0.3 is 29.8 Å². The highest BCUT2D eigenvalue weighted by Crippen LogP contribution is 2.61. The largest absolute Gasteiger partial charge is 0.513 e. The van der Waals surface area contributed by atoms with Crippen molar-refractivity contribution >= 4 is 75.8 Å². The fourth-order valence-corrected chi connectivity index (χ4v) is 11.8. The van der Waals surface area contributed by atoms with Crippen molar-refractivity contribution in [2.45, 2.75) is 64.2 Å². The van der Waals surface area contributed by atoms with E-state index in [2.05, 4.69) is 0 Å². The van der Waals surface area contributed by atoms with Crippen molar-refractivity contribution in [1.82, 2.24) is 16.0 Å². The second-order valence-corrected chi connectivity index (χ2v) is 20.8. The number of amides is 4. The lowest BCUT2D eigenvalue weighted by atomic mass is 9.94. The van der Waals surface area contributed by atoms with Gasteiger partial charge in [-0.1, -0.05) is 82.1 Å². The second-order valence-electron chi connectivity index (χ2n) is 16.2. The van der Waals surface area contributed by atoms with Crippen LogP contribution in [0.25, 0.3) is 5.57 Å². The summed E-state index contributed by atoms with van der Waals surface area (Å²) < 4.78 is 83.9. The van der Waals surface area contributed by atoms with Gasteiger partial charge < -0.3 is 25.8 Å². The molecule has 3 N–H and O–H groups in total. The number of benzene rings is 3. The summed E-state index contributed by atoms with van der Waals surface area (Å²) in [6.07, 6.45) is -0.910. The number of para-hydroxylation sites is 2. The van der Waals surface area contributed by atoms with Gasteiger partial charge in [0.2, 0.25) is 29.4 Å². The van der Waals surface area contributed by atoms with Gasteiger partial charge in [0.1, 0.15) is 19.0 Å². The van der Waals surface area contributed by atoms with Crippen molar-refractivity contribution in [3.8, 4) is 0 Å². The van der Waals surface area contributed by atoms with Crippen molar-refractivity contribution in [2.75, 3.05) is 63.4 Å². The summed E-state index contributed by atoms with van der Waals surface area (Å²) in [5.74, 6) is -6.19. The number of hydrogen-bond acceptors (Lipinski definition) is 12. The summed E-state index contributed by atoms with van der Waals surface area (Å²) in [6.45, 7) is 4.51. The van der Waals surface area contributed by atoms with E-state index in [1.54, 1.807) is 73.5 Å². The van der Waals surface area contributed by atoms with Gasteiger partial charge in [-0.15, -0.1) is 0 Å². The highest BCUT2D eigenvalue weighted by molar-refractivity contribution is 7.66. The number of Topliss-reactive ketones (excluding diaryl/α,β-unsaturated/α-hetero) is 1. The van der Waals surface area contributed by atoms with Crippen LogP contribution in [0.2, 0.25) is 0 Å². The zero-order valence-electron chi connectivity index (χ0n) is 38.8. The summed E-state index contributed by atoms with van der Waals surface area (Å²) in [4.78, 5) is 80.9. The van der Waals surface area contributed by atoms with E-state index in [9.17, 15) is 55.6 Å². The molecule has 0 aliphatic carbocycles. The first-order valence-corrected chi connectivity index (χ1v) is 26.5. The lowest BCUT2D eigenvalue weighted by Gasteiger charge is -2.26. The number of hydrogen-bond donors (Lipinski definition) is 1. The van der Waals surface area contributed by atoms with Gasteiger partial charge in [0, 0.05) is 50.9 Å². The van der Waals surface area contributed by atoms with E-state index < -0.39 is 59.3 Å². The van der Waals surface area contributed by atoms with Gasteiger partial charge in [0.25, 0.3) is 0 Å². The maximum Gasteiger partial charge on any atom is 0.513 e. The number of nitrogens with zero attached hydrogens (tertiary/aromatic N) is 4. The van der Waals surface area contributed by atoms with Crippen LogP contribution in [0, 0.1) is 11.8 Å². The minimum absolute atomic E-state index is 0. The van der Waals surface area contributed by atoms with Gasteiger partial charge in [0.05, 0.1) is 6.16 Å². The molecule has 22 heteroatoms. The molecule has 368 valence electrons. The van der Waals surface area contributed by atoms with E-state index in [-0.39, 0.29) is 62.4 Å². The number of alkyl halides is 3. The van der Waals surface area contributed by atoms with Crippen LogP contribution in [0.5, 0.6) is 0 Å². The number of likely N-dealkylation sites (N-methyl/N-ethyl adjacent to an activating group) is 2. The molecular formula is C46H59F3N5O11P3+2. The van der Waals surface area contributed by atoms with Crippen LogP contribution in [-0.2, 0) is 57.2 Å². The Morgan fingerprint density at radius 3 is 1.65 bits per heavy atom. The first-order valence-electron chi connectivity index (χ1n) is 21.5. The zero-order valence-corrected chi connectivity index (χ0v) is 41.4. The van der Waals surface area contributed by atoms with E-state index in [1.807, 2.05) is 30.3 Å². The Labute approximate surface area is 396 Å². The molecule has 4 unspecified atom stereocenters. The highest BCUT2D eigenvalue weighted by Gasteiger charge is 2.48. The molecule has 0 radical (unpaired) electrons. The summed E-state index contributed by atoms with van der Waals surface area (Å²) in [6, 6.07) is 24.8. The predicted octanol–water partition coefficient (Wildman–Crippen LogP) is 9.38. The van der Waals surface area contributed by atoms with Crippen LogP contribution in [0.1, 0.15) is 63.0 Å². The number of ketones is 2. The predicted molar refractivity (Wildman–Crippen MR) is 254 cm³/mol. The molecule has 16 nitrogen and oxygen atoms in total. The maximum atomic E-state index is 13.3. The van der Waals surface area contributed by atoms with Crippen LogP contribution in [-0.4, -0.2) is 105 Å². The number of halogens is 3. The Balaban J connectivity index is 0.000000402. The number of carbonyl (C=O) groups is 6. The molecule has 0 spiro atoms. The van der Waals surface area contributed by atoms with E-state index in [0.29, 0.717) is 42.6 Å². The van der Waals surface area contributed by atoms with E-state index >= 15 is 0 Å². The van der Waals surface area contributed by atoms with E-state index in [0.717, 1.165) is 29.0 Å². The Bertz CT molecular complexity index is 2340. The van der Waals surface area contributed by atoms with E-state index in [1.165, 1.54) is 36.3 Å². The zero-order chi connectivity index (χ0) is 49.5. The summed E-state index contributed by atoms with van der Waals surface area (Å²) in [5.41, 5.74) is 3.35. The number of likely N-dealkylation sites (tertiary alicyclic amines) is 2. The molecule has 3 aromatic carbocycles. The fourth-order valence-electron chi connectivity index (χ4n) is 7.51. The molecule has 0 bridgehead atoms. The lowest BCUT2D eigenvalue weighted by molar-refractivity contribution is -0.178. The van der Waals surface area contributed by atoms with E-state index in [4.69, 9.17) is 8.62 Å². The Hall–Kier alpha value is -5.28. The first-order chi connectivity index (χ1) is 31.6. The van der Waals surface area contributed by atoms with Gasteiger partial charge in [-0.3, -0.25) is 33.3 Å². The molecule has 68 heavy (non-hydrogen) atoms. The quantitative estimate of drug-likeness (QED) is 0.0759. The average molecular weight is 1010 g/mol. The summed E-state index contributed by atoms with van der Waals surface area (Å²) in [5, 5.41) is 0. The Kier molecular flexibility index (Phi) is 22.2. The number of carbonyl (C=O) groups excluding carboxylic acids is 6. The Morgan fingerprint density at radius 2 is 1.19 bits per heavy atom. The molecule has 0 saturated carbocycles. The molecule has 2 heterocycles. The SMILES string of the molecule is C/C(=C\C(=O)CC1CCCCN(CC(=O)N(C)c2ccccc2)C1=O)c1ccc(CP(=O)(O[P+](C)=O)O[P+](C)=O)cc1.CN(C(=O)CN1CCCCC(C(=O)C(F)(F)F)C1=O)c1ccccc1.N. The third-order valence-electron chi connectivity index (χ3n) is 11.0. The topological polar surface area (TPSA) is 220 Å². The number of anilines is 2. The molecule has 3 aromatic rings. The number of rotatable bonds is 17. The van der Waals surface area contributed by atoms with Crippen LogP contribution >= 0.6 is 23.7 Å². The van der Waals surface area contributed by atoms with Crippen molar-refractivity contribution < 1.29 is 64.3 Å². The van der Waals surface area contributed by atoms with Gasteiger partial charge in [-0.2, -0.15) is 13.2 Å². The highest BCUT2D eigenvalue weighted by atomic mass is 31.3. The monoisotopic (exact) mass is 1010 g/mol. The normalized spacial score (nSPS) is 18.0. The minimum Gasteiger partial charge on any atom is -0.344 e. The van der Waals surface area contributed by atoms with Crippen LogP contribution in [0.4, 0.5) is 24.5 Å². The maximum absolute atomic E-state index is 13.3. The molecule has 2 fully saturated rings. The average Bonchev–Trinajstić information content (AvgIpc) is 3.56. The second kappa shape index (κ2) is 26.5. The minimum atomic E-state index is -5.05. The van der Waals surface area contributed by atoms with Gasteiger partial charge in [0.15, 0.2) is 19.1 Å². The first kappa shape index (κ1) is 57.0. The summed E-state index contributed by atoms with van der Waals surface area (Å²) >= 11 is 0. The fraction of sp³-hybridized carbons (Fsp3) is 0.435. The molecule has 5 rings (SSSR count). The van der Waals surface area contributed by atoms with Crippen molar-refractivity contribution in [2.24, 2.45) is 11.8 Å². The smallest absolute Gasteiger partial charge is 0.344 e. The summed E-state index contributed by atoms with van der Waals surface area (Å²) in [7, 11) is -5.13. The third kappa shape index (κ3) is 17.4. The molecule has 2 aliphatic rings. The standard InChI is InChI=1S/C29H37N2O8P3.C17H19F3N2O3.H3N/c1-22(24-15-13-23(14-16-24)21-42(37,38-40(3)35)39-41(4)36)18-27(32)19-25-10-8-9-17-31(29(25)34)20-28(33)30(2)26-11-6-5-7-12-26;1-21(12-7-3-2-4-8-12)14(23)11-22-10-6-5-9-13(16(22)25)15(24)17(18,19)20;/h5-7,11-16,18,25H,8-10,17,19-21H2,1-4H3;2-4,7-8,13H,5-6,9-11H2,1H3;1H3/q+2;;/b22-18+;;. The van der Waals surface area contributed by atoms with Gasteiger partial charge in [-0.25, -0.2) is 0 Å². The van der Waals surface area contributed by atoms with Gasteiger partial charge in [-0.05, 0) is 88.8 Å². The van der Waals surface area contributed by atoms with Crippen molar-refractivity contribution in [1.29, 1.82) is 0 Å². The molecular weight excluding hydrogens is 948 g/mol. The Morgan fingerprint density at radius 1 is 0.735 bits per heavy atom. The molecule has 2 saturated heterocycles.